The van der Waals surface area contributed by atoms with Crippen molar-refractivity contribution in [2.75, 3.05) is 26.2 Å². The van der Waals surface area contributed by atoms with Crippen LogP contribution < -0.4 is 5.73 Å². The average molecular weight is 367 g/mol. The molecule has 2 N–H and O–H groups in total. The molecule has 1 heterocycles. The fourth-order valence-electron chi connectivity index (χ4n) is 2.40. The molecule has 0 radical (unpaired) electrons. The molecule has 2 rings (SSSR count). The minimum atomic E-state index is -3.57. The molecule has 22 heavy (non-hydrogen) atoms. The molecule has 124 valence electrons. The standard InChI is InChI=1S/C14H20Cl2N2O3S/c15-11-8-12(16)10-14(9-11)22(19,20)18-5-2-13(3-6-18)21-7-1-4-17/h8-10,13H,1-7,17H2. The van der Waals surface area contributed by atoms with Crippen molar-refractivity contribution in [1.82, 2.24) is 4.31 Å². The van der Waals surface area contributed by atoms with E-state index in [2.05, 4.69) is 0 Å². The average Bonchev–Trinajstić information content (AvgIpc) is 2.47. The smallest absolute Gasteiger partial charge is 0.243 e. The lowest BCUT2D eigenvalue weighted by Gasteiger charge is -2.31. The van der Waals surface area contributed by atoms with Gasteiger partial charge in [0.05, 0.1) is 11.0 Å². The highest BCUT2D eigenvalue weighted by Gasteiger charge is 2.30. The molecule has 1 aliphatic heterocycles. The van der Waals surface area contributed by atoms with Crippen molar-refractivity contribution < 1.29 is 13.2 Å². The summed E-state index contributed by atoms with van der Waals surface area (Å²) in [7, 11) is -3.57. The number of hydrogen-bond donors (Lipinski definition) is 1. The summed E-state index contributed by atoms with van der Waals surface area (Å²) in [6.45, 7) is 2.08. The van der Waals surface area contributed by atoms with Crippen molar-refractivity contribution >= 4 is 33.2 Å². The maximum Gasteiger partial charge on any atom is 0.243 e. The van der Waals surface area contributed by atoms with E-state index in [-0.39, 0.29) is 11.0 Å². The number of sulfonamides is 1. The number of hydrogen-bond acceptors (Lipinski definition) is 4. The summed E-state index contributed by atoms with van der Waals surface area (Å²) in [6.07, 6.45) is 2.27. The quantitative estimate of drug-likeness (QED) is 0.785. The van der Waals surface area contributed by atoms with E-state index < -0.39 is 10.0 Å². The molecular weight excluding hydrogens is 347 g/mol. The second-order valence-corrected chi connectivity index (χ2v) is 8.03. The van der Waals surface area contributed by atoms with Crippen molar-refractivity contribution in [1.29, 1.82) is 0 Å². The first-order valence-electron chi connectivity index (χ1n) is 7.21. The molecular formula is C14H20Cl2N2O3S. The normalized spacial score (nSPS) is 17.8. The molecule has 0 unspecified atom stereocenters. The first-order valence-corrected chi connectivity index (χ1v) is 9.41. The van der Waals surface area contributed by atoms with Gasteiger partial charge in [0.15, 0.2) is 0 Å². The second-order valence-electron chi connectivity index (χ2n) is 5.22. The SMILES string of the molecule is NCCCOC1CCN(S(=O)(=O)c2cc(Cl)cc(Cl)c2)CC1. The van der Waals surface area contributed by atoms with Crippen molar-refractivity contribution in [2.45, 2.75) is 30.3 Å². The Labute approximate surface area is 141 Å². The first kappa shape index (κ1) is 18.0. The molecule has 5 nitrogen and oxygen atoms in total. The van der Waals surface area contributed by atoms with Crippen LogP contribution in [0.5, 0.6) is 0 Å². The Morgan fingerprint density at radius 2 is 1.77 bits per heavy atom. The van der Waals surface area contributed by atoms with Crippen LogP contribution in [0.3, 0.4) is 0 Å². The van der Waals surface area contributed by atoms with Crippen LogP contribution in [0.15, 0.2) is 23.1 Å². The molecule has 0 bridgehead atoms. The van der Waals surface area contributed by atoms with Crippen LogP contribution in [0.4, 0.5) is 0 Å². The number of nitrogens with two attached hydrogens (primary N) is 1. The van der Waals surface area contributed by atoms with E-state index in [0.29, 0.717) is 49.1 Å². The van der Waals surface area contributed by atoms with E-state index in [1.807, 2.05) is 0 Å². The highest BCUT2D eigenvalue weighted by atomic mass is 35.5. The van der Waals surface area contributed by atoms with E-state index in [1.165, 1.54) is 22.5 Å². The topological polar surface area (TPSA) is 72.6 Å². The van der Waals surface area contributed by atoms with Crippen molar-refractivity contribution in [3.8, 4) is 0 Å². The molecule has 0 aromatic heterocycles. The predicted octanol–water partition coefficient (Wildman–Crippen LogP) is 2.51. The Balaban J connectivity index is 2.00. The van der Waals surface area contributed by atoms with Gasteiger partial charge in [-0.05, 0) is 44.0 Å². The fraction of sp³-hybridized carbons (Fsp3) is 0.571. The van der Waals surface area contributed by atoms with Gasteiger partial charge >= 0.3 is 0 Å². The third-order valence-electron chi connectivity index (χ3n) is 3.58. The van der Waals surface area contributed by atoms with Crippen LogP contribution in [0.1, 0.15) is 19.3 Å². The van der Waals surface area contributed by atoms with Crippen molar-refractivity contribution in [3.05, 3.63) is 28.2 Å². The lowest BCUT2D eigenvalue weighted by Crippen LogP contribution is -2.41. The third-order valence-corrected chi connectivity index (χ3v) is 5.89. The van der Waals surface area contributed by atoms with Gasteiger partial charge in [0.1, 0.15) is 0 Å². The summed E-state index contributed by atoms with van der Waals surface area (Å²) < 4.78 is 32.4. The van der Waals surface area contributed by atoms with Gasteiger partial charge in [-0.3, -0.25) is 0 Å². The van der Waals surface area contributed by atoms with Gasteiger partial charge in [0, 0.05) is 29.7 Å². The largest absolute Gasteiger partial charge is 0.378 e. The summed E-state index contributed by atoms with van der Waals surface area (Å²) >= 11 is 11.8. The van der Waals surface area contributed by atoms with Crippen molar-refractivity contribution in [3.63, 3.8) is 0 Å². The lowest BCUT2D eigenvalue weighted by atomic mass is 10.1. The molecule has 1 aromatic rings. The Morgan fingerprint density at radius 3 is 2.32 bits per heavy atom. The lowest BCUT2D eigenvalue weighted by molar-refractivity contribution is 0.0209. The minimum Gasteiger partial charge on any atom is -0.378 e. The number of rotatable bonds is 6. The van der Waals surface area contributed by atoms with Crippen molar-refractivity contribution in [2.24, 2.45) is 5.73 Å². The van der Waals surface area contributed by atoms with Crippen LogP contribution in [-0.2, 0) is 14.8 Å². The molecule has 1 fully saturated rings. The third kappa shape index (κ3) is 4.57. The maximum atomic E-state index is 12.6. The number of nitrogens with zero attached hydrogens (tertiary/aromatic N) is 1. The minimum absolute atomic E-state index is 0.0981. The van der Waals surface area contributed by atoms with Crippen LogP contribution in [0.2, 0.25) is 10.0 Å². The van der Waals surface area contributed by atoms with E-state index >= 15 is 0 Å². The number of ether oxygens (including phenoxy) is 1. The van der Waals surface area contributed by atoms with Crippen LogP contribution in [0.25, 0.3) is 0 Å². The van der Waals surface area contributed by atoms with E-state index in [4.69, 9.17) is 33.7 Å². The molecule has 0 saturated carbocycles. The van der Waals surface area contributed by atoms with Gasteiger partial charge in [0.25, 0.3) is 0 Å². The molecule has 1 saturated heterocycles. The zero-order chi connectivity index (χ0) is 16.2. The van der Waals surface area contributed by atoms with Crippen LogP contribution in [0, 0.1) is 0 Å². The van der Waals surface area contributed by atoms with Gasteiger partial charge < -0.3 is 10.5 Å². The molecule has 0 spiro atoms. The Bertz CT molecular complexity index is 582. The molecule has 8 heteroatoms. The monoisotopic (exact) mass is 366 g/mol. The number of piperidine rings is 1. The van der Waals surface area contributed by atoms with E-state index in [0.717, 1.165) is 6.42 Å². The zero-order valence-electron chi connectivity index (χ0n) is 12.2. The summed E-state index contributed by atoms with van der Waals surface area (Å²) in [4.78, 5) is 0.132. The Hall–Kier alpha value is -0.370. The summed E-state index contributed by atoms with van der Waals surface area (Å²) in [5.74, 6) is 0. The molecule has 0 aliphatic carbocycles. The van der Waals surface area contributed by atoms with Crippen LogP contribution >= 0.6 is 23.2 Å². The first-order chi connectivity index (χ1) is 10.4. The van der Waals surface area contributed by atoms with Gasteiger partial charge in [-0.25, -0.2) is 8.42 Å². The van der Waals surface area contributed by atoms with Gasteiger partial charge in [-0.2, -0.15) is 4.31 Å². The molecule has 0 amide bonds. The predicted molar refractivity (Wildman–Crippen MR) is 87.9 cm³/mol. The molecule has 1 aromatic carbocycles. The molecule has 1 aliphatic rings. The maximum absolute atomic E-state index is 12.6. The van der Waals surface area contributed by atoms with E-state index in [1.54, 1.807) is 0 Å². The van der Waals surface area contributed by atoms with Gasteiger partial charge in [0.2, 0.25) is 10.0 Å². The van der Waals surface area contributed by atoms with E-state index in [9.17, 15) is 8.42 Å². The van der Waals surface area contributed by atoms with Gasteiger partial charge in [-0.15, -0.1) is 0 Å². The van der Waals surface area contributed by atoms with Gasteiger partial charge in [-0.1, -0.05) is 23.2 Å². The number of benzene rings is 1. The summed E-state index contributed by atoms with van der Waals surface area (Å²) in [5, 5.41) is 0.622. The highest BCUT2D eigenvalue weighted by molar-refractivity contribution is 7.89. The fourth-order valence-corrected chi connectivity index (χ4v) is 4.60. The zero-order valence-corrected chi connectivity index (χ0v) is 14.5. The summed E-state index contributed by atoms with van der Waals surface area (Å²) in [5.41, 5.74) is 5.42. The summed E-state index contributed by atoms with van der Waals surface area (Å²) in [6, 6.07) is 4.36. The number of halogens is 2. The van der Waals surface area contributed by atoms with Crippen LogP contribution in [-0.4, -0.2) is 45.1 Å². The highest BCUT2D eigenvalue weighted by Crippen LogP contribution is 2.27. The Kier molecular flexibility index (Phi) is 6.49. The Morgan fingerprint density at radius 1 is 1.18 bits per heavy atom. The second kappa shape index (κ2) is 7.95. The molecule has 0 atom stereocenters.